The molecule has 0 saturated heterocycles. The second-order valence-corrected chi connectivity index (χ2v) is 4.19. The minimum atomic E-state index is -2.40. The maximum absolute atomic E-state index is 12.5. The first-order chi connectivity index (χ1) is 8.09. The number of benzene rings is 2. The lowest BCUT2D eigenvalue weighted by Crippen LogP contribution is -1.89. The first-order valence-corrected chi connectivity index (χ1v) is 5.54. The first kappa shape index (κ1) is 11.8. The summed E-state index contributed by atoms with van der Waals surface area (Å²) in [6, 6.07) is 12.6. The van der Waals surface area contributed by atoms with Gasteiger partial charge in [0.25, 0.3) is 6.43 Å². The zero-order valence-corrected chi connectivity index (χ0v) is 9.87. The molecule has 0 fully saturated rings. The molecule has 0 nitrogen and oxygen atoms in total. The topological polar surface area (TPSA) is 0 Å². The van der Waals surface area contributed by atoms with Gasteiger partial charge in [0.2, 0.25) is 0 Å². The summed E-state index contributed by atoms with van der Waals surface area (Å²) in [5.41, 5.74) is 4.52. The molecule has 2 rings (SSSR count). The Morgan fingerprint density at radius 2 is 1.35 bits per heavy atom. The molecular formula is C15H14F2. The van der Waals surface area contributed by atoms with Crippen molar-refractivity contribution in [1.82, 2.24) is 0 Å². The summed E-state index contributed by atoms with van der Waals surface area (Å²) in [6.07, 6.45) is -2.40. The molecule has 0 spiro atoms. The average molecular weight is 232 g/mol. The van der Waals surface area contributed by atoms with Gasteiger partial charge >= 0.3 is 0 Å². The Hall–Kier alpha value is -1.70. The van der Waals surface area contributed by atoms with E-state index in [1.54, 1.807) is 12.1 Å². The number of aryl methyl sites for hydroxylation is 2. The van der Waals surface area contributed by atoms with Crippen LogP contribution in [-0.4, -0.2) is 0 Å². The Labute approximate surface area is 99.9 Å². The third-order valence-electron chi connectivity index (χ3n) is 2.93. The molecule has 2 aromatic carbocycles. The van der Waals surface area contributed by atoms with Gasteiger partial charge in [-0.25, -0.2) is 8.78 Å². The van der Waals surface area contributed by atoms with Crippen LogP contribution in [0.2, 0.25) is 0 Å². The van der Waals surface area contributed by atoms with Crippen molar-refractivity contribution in [2.45, 2.75) is 20.3 Å². The Morgan fingerprint density at radius 3 is 1.82 bits per heavy atom. The maximum Gasteiger partial charge on any atom is 0.263 e. The molecule has 2 heteroatoms. The highest BCUT2D eigenvalue weighted by atomic mass is 19.3. The molecule has 0 saturated carbocycles. The fourth-order valence-electron chi connectivity index (χ4n) is 2.07. The summed E-state index contributed by atoms with van der Waals surface area (Å²) >= 11 is 0. The molecule has 0 unspecified atom stereocenters. The summed E-state index contributed by atoms with van der Waals surface area (Å²) in [7, 11) is 0. The van der Waals surface area contributed by atoms with Crippen LogP contribution in [0, 0.1) is 13.8 Å². The van der Waals surface area contributed by atoms with Gasteiger partial charge in [0, 0.05) is 5.56 Å². The molecule has 0 radical (unpaired) electrons. The molecule has 0 heterocycles. The molecular weight excluding hydrogens is 218 g/mol. The fraction of sp³-hybridized carbons (Fsp3) is 0.200. The Balaban J connectivity index is 2.47. The highest BCUT2D eigenvalue weighted by Gasteiger charge is 2.08. The van der Waals surface area contributed by atoms with E-state index in [-0.39, 0.29) is 5.56 Å². The second-order valence-electron chi connectivity index (χ2n) is 4.19. The second kappa shape index (κ2) is 4.66. The van der Waals surface area contributed by atoms with E-state index in [9.17, 15) is 8.78 Å². The van der Waals surface area contributed by atoms with E-state index in [2.05, 4.69) is 0 Å². The van der Waals surface area contributed by atoms with Gasteiger partial charge in [-0.3, -0.25) is 0 Å². The molecule has 0 aliphatic heterocycles. The number of hydrogen-bond donors (Lipinski definition) is 0. The van der Waals surface area contributed by atoms with Gasteiger partial charge in [0.1, 0.15) is 0 Å². The van der Waals surface area contributed by atoms with Crippen molar-refractivity contribution in [2.24, 2.45) is 0 Å². The van der Waals surface area contributed by atoms with E-state index in [4.69, 9.17) is 0 Å². The minimum absolute atomic E-state index is 0.0694. The molecule has 0 aliphatic carbocycles. The third-order valence-corrected chi connectivity index (χ3v) is 2.93. The molecule has 0 amide bonds. The number of alkyl halides is 2. The van der Waals surface area contributed by atoms with Crippen molar-refractivity contribution < 1.29 is 8.78 Å². The molecule has 0 atom stereocenters. The fourth-order valence-corrected chi connectivity index (χ4v) is 2.07. The zero-order valence-electron chi connectivity index (χ0n) is 9.87. The monoisotopic (exact) mass is 232 g/mol. The molecule has 2 aromatic rings. The molecule has 0 aromatic heterocycles. The smallest absolute Gasteiger partial charge is 0.205 e. The summed E-state index contributed by atoms with van der Waals surface area (Å²) in [5, 5.41) is 0. The average Bonchev–Trinajstić information content (AvgIpc) is 2.29. The Bertz CT molecular complexity index is 493. The largest absolute Gasteiger partial charge is 0.263 e. The summed E-state index contributed by atoms with van der Waals surface area (Å²) in [4.78, 5) is 0. The van der Waals surface area contributed by atoms with Gasteiger partial charge in [0.05, 0.1) is 0 Å². The minimum Gasteiger partial charge on any atom is -0.205 e. The van der Waals surface area contributed by atoms with Gasteiger partial charge in [-0.15, -0.1) is 0 Å². The molecule has 0 N–H and O–H groups in total. The van der Waals surface area contributed by atoms with Crippen molar-refractivity contribution in [3.63, 3.8) is 0 Å². The van der Waals surface area contributed by atoms with Gasteiger partial charge < -0.3 is 0 Å². The Morgan fingerprint density at radius 1 is 0.824 bits per heavy atom. The molecule has 88 valence electrons. The zero-order chi connectivity index (χ0) is 12.4. The lowest BCUT2D eigenvalue weighted by Gasteiger charge is -2.10. The van der Waals surface area contributed by atoms with Crippen molar-refractivity contribution in [1.29, 1.82) is 0 Å². The van der Waals surface area contributed by atoms with Gasteiger partial charge in [-0.1, -0.05) is 42.5 Å². The van der Waals surface area contributed by atoms with E-state index >= 15 is 0 Å². The van der Waals surface area contributed by atoms with Crippen LogP contribution in [0.1, 0.15) is 23.1 Å². The van der Waals surface area contributed by atoms with Crippen LogP contribution in [0.5, 0.6) is 0 Å². The van der Waals surface area contributed by atoms with Gasteiger partial charge in [0.15, 0.2) is 0 Å². The maximum atomic E-state index is 12.5. The van der Waals surface area contributed by atoms with E-state index in [1.165, 1.54) is 12.1 Å². The SMILES string of the molecule is Cc1cccc(C)c1-c1ccc(C(F)F)cc1. The molecule has 17 heavy (non-hydrogen) atoms. The Kier molecular flexibility index (Phi) is 3.23. The van der Waals surface area contributed by atoms with Gasteiger partial charge in [-0.2, -0.15) is 0 Å². The van der Waals surface area contributed by atoms with Crippen LogP contribution < -0.4 is 0 Å². The van der Waals surface area contributed by atoms with Crippen LogP contribution in [0.25, 0.3) is 11.1 Å². The molecule has 0 bridgehead atoms. The lowest BCUT2D eigenvalue weighted by molar-refractivity contribution is 0.151. The van der Waals surface area contributed by atoms with Crippen LogP contribution in [-0.2, 0) is 0 Å². The number of hydrogen-bond acceptors (Lipinski definition) is 0. The van der Waals surface area contributed by atoms with E-state index in [1.807, 2.05) is 32.0 Å². The quantitative estimate of drug-likeness (QED) is 0.690. The highest BCUT2D eigenvalue weighted by molar-refractivity contribution is 5.70. The van der Waals surface area contributed by atoms with E-state index < -0.39 is 6.43 Å². The standard InChI is InChI=1S/C15H14F2/c1-10-4-3-5-11(2)14(10)12-6-8-13(9-7-12)15(16)17/h3-9,15H,1-2H3. The van der Waals surface area contributed by atoms with Crippen LogP contribution in [0.15, 0.2) is 42.5 Å². The van der Waals surface area contributed by atoms with Crippen molar-refractivity contribution >= 4 is 0 Å². The van der Waals surface area contributed by atoms with Crippen LogP contribution >= 0.6 is 0 Å². The third kappa shape index (κ3) is 2.36. The van der Waals surface area contributed by atoms with Crippen LogP contribution in [0.3, 0.4) is 0 Å². The predicted molar refractivity (Wildman–Crippen MR) is 66.3 cm³/mol. The molecule has 0 aliphatic rings. The summed E-state index contributed by atoms with van der Waals surface area (Å²) in [6.45, 7) is 4.06. The van der Waals surface area contributed by atoms with Gasteiger partial charge in [-0.05, 0) is 36.1 Å². The normalized spacial score (nSPS) is 10.9. The summed E-state index contributed by atoms with van der Waals surface area (Å²) in [5.74, 6) is 0. The highest BCUT2D eigenvalue weighted by Crippen LogP contribution is 2.28. The van der Waals surface area contributed by atoms with Crippen molar-refractivity contribution in [3.8, 4) is 11.1 Å². The van der Waals surface area contributed by atoms with Crippen molar-refractivity contribution in [2.75, 3.05) is 0 Å². The van der Waals surface area contributed by atoms with Crippen LogP contribution in [0.4, 0.5) is 8.78 Å². The number of rotatable bonds is 2. The van der Waals surface area contributed by atoms with Crippen molar-refractivity contribution in [3.05, 3.63) is 59.2 Å². The number of halogens is 2. The van der Waals surface area contributed by atoms with E-state index in [0.717, 1.165) is 22.3 Å². The lowest BCUT2D eigenvalue weighted by atomic mass is 9.95. The van der Waals surface area contributed by atoms with E-state index in [0.29, 0.717) is 0 Å². The first-order valence-electron chi connectivity index (χ1n) is 5.54. The summed E-state index contributed by atoms with van der Waals surface area (Å²) < 4.78 is 24.9. The predicted octanol–water partition coefficient (Wildman–Crippen LogP) is 4.91.